The van der Waals surface area contributed by atoms with Crippen molar-refractivity contribution in [1.29, 1.82) is 0 Å². The highest BCUT2D eigenvalue weighted by Gasteiger charge is 2.21. The van der Waals surface area contributed by atoms with Crippen molar-refractivity contribution in [3.63, 3.8) is 0 Å². The number of likely N-dealkylation sites (N-methyl/N-ethyl adjacent to an activating group) is 1. The predicted molar refractivity (Wildman–Crippen MR) is 62.9 cm³/mol. The van der Waals surface area contributed by atoms with E-state index < -0.39 is 29.9 Å². The summed E-state index contributed by atoms with van der Waals surface area (Å²) in [6.45, 7) is 4.59. The van der Waals surface area contributed by atoms with Crippen LogP contribution >= 0.6 is 0 Å². The van der Waals surface area contributed by atoms with Crippen LogP contribution in [0.3, 0.4) is 0 Å². The second-order valence-electron chi connectivity index (χ2n) is 3.86. The Morgan fingerprint density at radius 2 is 1.29 bits per heavy atom. The first-order chi connectivity index (χ1) is 7.79. The second-order valence-corrected chi connectivity index (χ2v) is 3.86. The van der Waals surface area contributed by atoms with Crippen molar-refractivity contribution in [2.45, 2.75) is 38.9 Å². The summed E-state index contributed by atoms with van der Waals surface area (Å²) in [5, 5.41) is 7.31. The van der Waals surface area contributed by atoms with E-state index in [4.69, 9.17) is 5.73 Å². The molecule has 0 aliphatic rings. The third-order valence-electron chi connectivity index (χ3n) is 2.16. The fraction of sp³-hybridized carbons (Fsp3) is 0.700. The van der Waals surface area contributed by atoms with Crippen LogP contribution in [0, 0.1) is 0 Å². The van der Waals surface area contributed by atoms with Gasteiger partial charge in [-0.15, -0.1) is 0 Å². The molecule has 0 radical (unpaired) electrons. The van der Waals surface area contributed by atoms with Crippen LogP contribution in [0.5, 0.6) is 0 Å². The van der Waals surface area contributed by atoms with E-state index >= 15 is 0 Å². The van der Waals surface area contributed by atoms with Gasteiger partial charge in [-0.3, -0.25) is 14.4 Å². The molecular weight excluding hydrogens is 224 g/mol. The van der Waals surface area contributed by atoms with Gasteiger partial charge in [0.25, 0.3) is 0 Å². The van der Waals surface area contributed by atoms with Gasteiger partial charge in [-0.1, -0.05) is 0 Å². The van der Waals surface area contributed by atoms with Crippen molar-refractivity contribution in [3.8, 4) is 0 Å². The zero-order valence-corrected chi connectivity index (χ0v) is 10.5. The molecule has 0 saturated carbocycles. The monoisotopic (exact) mass is 244 g/mol. The molecule has 0 saturated heterocycles. The Hall–Kier alpha value is -1.63. The van der Waals surface area contributed by atoms with Crippen LogP contribution in [-0.2, 0) is 14.4 Å². The Kier molecular flexibility index (Phi) is 6.19. The first-order valence-corrected chi connectivity index (χ1v) is 5.37. The molecule has 0 aliphatic carbocycles. The van der Waals surface area contributed by atoms with Crippen LogP contribution in [0.15, 0.2) is 0 Å². The molecule has 0 rings (SSSR count). The number of hydrogen-bond donors (Lipinski definition) is 4. The maximum atomic E-state index is 11.6. The number of carbonyl (C=O) groups excluding carboxylic acids is 3. The maximum absolute atomic E-state index is 11.6. The molecule has 0 spiro atoms. The summed E-state index contributed by atoms with van der Waals surface area (Å²) in [7, 11) is 1.48. The summed E-state index contributed by atoms with van der Waals surface area (Å²) < 4.78 is 0. The molecule has 0 fully saturated rings. The molecular formula is C10H20N4O3. The standard InChI is InChI=1S/C10H20N4O3/c1-5(11)8(15)13-7(3)10(17)14-6(2)9(16)12-4/h5-7H,11H2,1-4H3,(H,12,16)(H,13,15)(H,14,17). The fourth-order valence-corrected chi connectivity index (χ4v) is 1.03. The van der Waals surface area contributed by atoms with Crippen LogP contribution in [0.4, 0.5) is 0 Å². The minimum Gasteiger partial charge on any atom is -0.357 e. The number of amides is 3. The normalized spacial score (nSPS) is 15.4. The Labute approximate surface area is 100 Å². The number of nitrogens with two attached hydrogens (primary N) is 1. The van der Waals surface area contributed by atoms with E-state index in [0.717, 1.165) is 0 Å². The van der Waals surface area contributed by atoms with Gasteiger partial charge in [0.2, 0.25) is 17.7 Å². The first kappa shape index (κ1) is 15.4. The van der Waals surface area contributed by atoms with E-state index in [1.807, 2.05) is 0 Å². The second kappa shape index (κ2) is 6.85. The van der Waals surface area contributed by atoms with Crippen LogP contribution in [0.1, 0.15) is 20.8 Å². The Morgan fingerprint density at radius 1 is 0.882 bits per heavy atom. The largest absolute Gasteiger partial charge is 0.357 e. The average Bonchev–Trinajstić information content (AvgIpc) is 2.27. The van der Waals surface area contributed by atoms with Crippen LogP contribution in [-0.4, -0.2) is 42.9 Å². The third kappa shape index (κ3) is 5.30. The predicted octanol–water partition coefficient (Wildman–Crippen LogP) is -1.91. The lowest BCUT2D eigenvalue weighted by atomic mass is 10.2. The Bertz CT molecular complexity index is 304. The summed E-state index contributed by atoms with van der Waals surface area (Å²) in [4.78, 5) is 34.0. The lowest BCUT2D eigenvalue weighted by Gasteiger charge is -2.18. The topological polar surface area (TPSA) is 113 Å². The molecule has 3 amide bonds. The molecule has 0 aromatic carbocycles. The highest BCUT2D eigenvalue weighted by atomic mass is 16.2. The molecule has 0 aromatic heterocycles. The highest BCUT2D eigenvalue weighted by Crippen LogP contribution is 1.88. The zero-order valence-electron chi connectivity index (χ0n) is 10.5. The average molecular weight is 244 g/mol. The molecule has 17 heavy (non-hydrogen) atoms. The fourth-order valence-electron chi connectivity index (χ4n) is 1.03. The highest BCUT2D eigenvalue weighted by molar-refractivity contribution is 5.92. The zero-order chi connectivity index (χ0) is 13.6. The summed E-state index contributed by atoms with van der Waals surface area (Å²) in [6, 6.07) is -2.07. The minimum atomic E-state index is -0.736. The Morgan fingerprint density at radius 3 is 1.71 bits per heavy atom. The summed E-state index contributed by atoms with van der Waals surface area (Å²) in [6.07, 6.45) is 0. The van der Waals surface area contributed by atoms with Gasteiger partial charge in [0.15, 0.2) is 0 Å². The van der Waals surface area contributed by atoms with Crippen LogP contribution in [0.2, 0.25) is 0 Å². The van der Waals surface area contributed by atoms with Gasteiger partial charge in [-0.05, 0) is 20.8 Å². The molecule has 7 nitrogen and oxygen atoms in total. The molecule has 7 heteroatoms. The molecule has 0 aliphatic heterocycles. The van der Waals surface area contributed by atoms with Crippen molar-refractivity contribution >= 4 is 17.7 Å². The smallest absolute Gasteiger partial charge is 0.242 e. The van der Waals surface area contributed by atoms with Gasteiger partial charge in [0.05, 0.1) is 6.04 Å². The van der Waals surface area contributed by atoms with Gasteiger partial charge in [0, 0.05) is 7.05 Å². The minimum absolute atomic E-state index is 0.302. The number of hydrogen-bond acceptors (Lipinski definition) is 4. The molecule has 3 unspecified atom stereocenters. The Balaban J connectivity index is 4.23. The lowest BCUT2D eigenvalue weighted by molar-refractivity contribution is -0.131. The molecule has 5 N–H and O–H groups in total. The van der Waals surface area contributed by atoms with E-state index in [-0.39, 0.29) is 5.91 Å². The van der Waals surface area contributed by atoms with E-state index in [1.54, 1.807) is 6.92 Å². The van der Waals surface area contributed by atoms with Gasteiger partial charge in [-0.2, -0.15) is 0 Å². The third-order valence-corrected chi connectivity index (χ3v) is 2.16. The van der Waals surface area contributed by atoms with Crippen molar-refractivity contribution in [2.24, 2.45) is 5.73 Å². The van der Waals surface area contributed by atoms with Crippen molar-refractivity contribution in [3.05, 3.63) is 0 Å². The quantitative estimate of drug-likeness (QED) is 0.452. The lowest BCUT2D eigenvalue weighted by Crippen LogP contribution is -2.53. The number of rotatable bonds is 5. The van der Waals surface area contributed by atoms with Crippen molar-refractivity contribution in [2.75, 3.05) is 7.05 Å². The molecule has 98 valence electrons. The molecule has 3 atom stereocenters. The van der Waals surface area contributed by atoms with Gasteiger partial charge >= 0.3 is 0 Å². The number of carbonyl (C=O) groups is 3. The van der Waals surface area contributed by atoms with E-state index in [9.17, 15) is 14.4 Å². The van der Waals surface area contributed by atoms with Gasteiger partial charge in [-0.25, -0.2) is 0 Å². The first-order valence-electron chi connectivity index (χ1n) is 5.37. The molecule has 0 aromatic rings. The van der Waals surface area contributed by atoms with E-state index in [2.05, 4.69) is 16.0 Å². The summed E-state index contributed by atoms with van der Waals surface area (Å²) in [5.74, 6) is -1.15. The van der Waals surface area contributed by atoms with E-state index in [1.165, 1.54) is 20.9 Å². The van der Waals surface area contributed by atoms with E-state index in [0.29, 0.717) is 0 Å². The van der Waals surface area contributed by atoms with Crippen LogP contribution in [0.25, 0.3) is 0 Å². The molecule has 0 bridgehead atoms. The molecule has 0 heterocycles. The maximum Gasteiger partial charge on any atom is 0.242 e. The summed E-state index contributed by atoms with van der Waals surface area (Å²) in [5.41, 5.74) is 5.35. The van der Waals surface area contributed by atoms with Crippen molar-refractivity contribution < 1.29 is 14.4 Å². The number of nitrogens with one attached hydrogen (secondary N) is 3. The summed E-state index contributed by atoms with van der Waals surface area (Å²) >= 11 is 0. The van der Waals surface area contributed by atoms with Crippen LogP contribution < -0.4 is 21.7 Å². The SMILES string of the molecule is CNC(=O)C(C)NC(=O)C(C)NC(=O)C(C)N. The van der Waals surface area contributed by atoms with Gasteiger partial charge < -0.3 is 21.7 Å². The van der Waals surface area contributed by atoms with Crippen molar-refractivity contribution in [1.82, 2.24) is 16.0 Å². The van der Waals surface area contributed by atoms with Gasteiger partial charge in [0.1, 0.15) is 12.1 Å².